The fourth-order valence-electron chi connectivity index (χ4n) is 3.30. The van der Waals surface area contributed by atoms with Gasteiger partial charge < -0.3 is 10.2 Å². The first-order chi connectivity index (χ1) is 12.6. The maximum Gasteiger partial charge on any atom is 0.324 e. The number of nitrogens with one attached hydrogen (secondary N) is 2. The zero-order valence-corrected chi connectivity index (χ0v) is 15.8. The molecule has 1 aliphatic carbocycles. The lowest BCUT2D eigenvalue weighted by molar-refractivity contribution is 0.0722. The van der Waals surface area contributed by atoms with Crippen molar-refractivity contribution in [2.75, 3.05) is 17.7 Å². The van der Waals surface area contributed by atoms with Gasteiger partial charge in [0.25, 0.3) is 5.91 Å². The molecule has 2 aromatic rings. The second-order valence-corrected chi connectivity index (χ2v) is 7.75. The van der Waals surface area contributed by atoms with Crippen LogP contribution in [0.15, 0.2) is 42.5 Å². The summed E-state index contributed by atoms with van der Waals surface area (Å²) in [4.78, 5) is 27.4. The topological polar surface area (TPSA) is 61.4 Å². The molecule has 0 atom stereocenters. The van der Waals surface area contributed by atoms with Crippen LogP contribution in [-0.2, 0) is 0 Å². The van der Waals surface area contributed by atoms with Gasteiger partial charge in [-0.1, -0.05) is 43.9 Å². The molecule has 0 bridgehead atoms. The third-order valence-corrected chi connectivity index (χ3v) is 5.77. The van der Waals surface area contributed by atoms with Crippen LogP contribution in [0.5, 0.6) is 0 Å². The first kappa shape index (κ1) is 18.5. The smallest absolute Gasteiger partial charge is 0.324 e. The summed E-state index contributed by atoms with van der Waals surface area (Å²) in [5.74, 6) is 0.0402. The predicted octanol–water partition coefficient (Wildman–Crippen LogP) is 5.19. The normalized spacial score (nSPS) is 15.1. The van der Waals surface area contributed by atoms with E-state index in [2.05, 4.69) is 10.6 Å². The lowest BCUT2D eigenvalue weighted by Gasteiger charge is -2.26. The van der Waals surface area contributed by atoms with Crippen molar-refractivity contribution >= 4 is 34.0 Å². The van der Waals surface area contributed by atoms with Crippen molar-refractivity contribution in [3.63, 3.8) is 0 Å². The molecule has 1 aliphatic rings. The highest BCUT2D eigenvalue weighted by molar-refractivity contribution is 7.18. The van der Waals surface area contributed by atoms with E-state index >= 15 is 0 Å². The van der Waals surface area contributed by atoms with Crippen molar-refractivity contribution in [2.24, 2.45) is 0 Å². The third kappa shape index (κ3) is 4.85. The van der Waals surface area contributed by atoms with Crippen LogP contribution in [0.2, 0.25) is 0 Å². The number of urea groups is 1. The zero-order chi connectivity index (χ0) is 18.4. The van der Waals surface area contributed by atoms with Gasteiger partial charge in [-0.3, -0.25) is 10.1 Å². The second-order valence-electron chi connectivity index (χ2n) is 6.67. The summed E-state index contributed by atoms with van der Waals surface area (Å²) in [5.41, 5.74) is 0.728. The van der Waals surface area contributed by atoms with E-state index < -0.39 is 0 Å². The molecule has 1 heterocycles. The molecule has 0 saturated heterocycles. The van der Waals surface area contributed by atoms with E-state index in [9.17, 15) is 9.59 Å². The Hall–Kier alpha value is -2.34. The van der Waals surface area contributed by atoms with Crippen molar-refractivity contribution in [1.29, 1.82) is 0 Å². The zero-order valence-electron chi connectivity index (χ0n) is 15.0. The van der Waals surface area contributed by atoms with Crippen molar-refractivity contribution in [1.82, 2.24) is 4.90 Å². The summed E-state index contributed by atoms with van der Waals surface area (Å²) < 4.78 is 0. The predicted molar refractivity (Wildman–Crippen MR) is 107 cm³/mol. The Bertz CT molecular complexity index is 737. The van der Waals surface area contributed by atoms with Gasteiger partial charge in [0.2, 0.25) is 0 Å². The van der Waals surface area contributed by atoms with Crippen LogP contribution < -0.4 is 10.6 Å². The number of hydrogen-bond acceptors (Lipinski definition) is 3. The first-order valence-electron chi connectivity index (χ1n) is 9.13. The highest BCUT2D eigenvalue weighted by Gasteiger charge is 2.23. The van der Waals surface area contributed by atoms with Crippen LogP contribution >= 0.6 is 11.3 Å². The summed E-state index contributed by atoms with van der Waals surface area (Å²) in [6, 6.07) is 12.9. The van der Waals surface area contributed by atoms with E-state index in [1.807, 2.05) is 42.3 Å². The molecule has 0 aliphatic heterocycles. The molecule has 26 heavy (non-hydrogen) atoms. The van der Waals surface area contributed by atoms with E-state index in [1.54, 1.807) is 12.1 Å². The molecule has 5 nitrogen and oxygen atoms in total. The summed E-state index contributed by atoms with van der Waals surface area (Å²) in [6.45, 7) is 0. The molecule has 0 unspecified atom stereocenters. The maximum absolute atomic E-state index is 12.8. The minimum absolute atomic E-state index is 0.0402. The Balaban J connectivity index is 1.58. The monoisotopic (exact) mass is 371 g/mol. The highest BCUT2D eigenvalue weighted by atomic mass is 32.1. The summed E-state index contributed by atoms with van der Waals surface area (Å²) in [7, 11) is 1.90. The van der Waals surface area contributed by atoms with E-state index in [0.29, 0.717) is 15.9 Å². The third-order valence-electron chi connectivity index (χ3n) is 4.78. The fraction of sp³-hybridized carbons (Fsp3) is 0.400. The van der Waals surface area contributed by atoms with Gasteiger partial charge in [-0.05, 0) is 37.1 Å². The largest absolute Gasteiger partial charge is 0.338 e. The molecule has 0 spiro atoms. The molecule has 0 radical (unpaired) electrons. The summed E-state index contributed by atoms with van der Waals surface area (Å²) in [6.07, 6.45) is 7.08. The Morgan fingerprint density at radius 1 is 0.962 bits per heavy atom. The average Bonchev–Trinajstić information content (AvgIpc) is 2.93. The minimum atomic E-state index is -0.311. The average molecular weight is 372 g/mol. The molecule has 1 fully saturated rings. The Kier molecular flexibility index (Phi) is 6.28. The van der Waals surface area contributed by atoms with Gasteiger partial charge in [0, 0.05) is 18.8 Å². The van der Waals surface area contributed by atoms with Gasteiger partial charge in [-0.25, -0.2) is 4.79 Å². The number of benzene rings is 1. The van der Waals surface area contributed by atoms with Crippen LogP contribution in [0.3, 0.4) is 0 Å². The van der Waals surface area contributed by atoms with E-state index in [0.717, 1.165) is 18.5 Å². The van der Waals surface area contributed by atoms with Crippen molar-refractivity contribution < 1.29 is 9.59 Å². The molecule has 6 heteroatoms. The molecule has 1 saturated carbocycles. The van der Waals surface area contributed by atoms with E-state index in [1.165, 1.54) is 37.0 Å². The van der Waals surface area contributed by atoms with Crippen LogP contribution in [0.25, 0.3) is 0 Å². The van der Waals surface area contributed by atoms with Gasteiger partial charge in [-0.15, -0.1) is 11.3 Å². The number of anilines is 2. The van der Waals surface area contributed by atoms with E-state index in [-0.39, 0.29) is 11.9 Å². The van der Waals surface area contributed by atoms with Crippen LogP contribution in [0, 0.1) is 0 Å². The highest BCUT2D eigenvalue weighted by Crippen LogP contribution is 2.26. The number of thiophene rings is 1. The number of carbonyl (C=O) groups is 2. The number of rotatable bonds is 4. The summed E-state index contributed by atoms with van der Waals surface area (Å²) in [5, 5.41) is 6.23. The quantitative estimate of drug-likeness (QED) is 0.727. The number of carbonyl (C=O) groups excluding carboxylic acids is 2. The molecule has 1 aromatic heterocycles. The molecular formula is C20H25N3O2S. The molecular weight excluding hydrogens is 346 g/mol. The Morgan fingerprint density at radius 3 is 2.35 bits per heavy atom. The number of para-hydroxylation sites is 1. The van der Waals surface area contributed by atoms with Gasteiger partial charge >= 0.3 is 6.03 Å². The molecule has 3 amide bonds. The maximum atomic E-state index is 12.8. The van der Waals surface area contributed by atoms with Crippen molar-refractivity contribution in [2.45, 2.75) is 44.6 Å². The van der Waals surface area contributed by atoms with Crippen LogP contribution in [-0.4, -0.2) is 29.9 Å². The lowest BCUT2D eigenvalue weighted by atomic mass is 10.1. The van der Waals surface area contributed by atoms with Gasteiger partial charge in [0.15, 0.2) is 0 Å². The van der Waals surface area contributed by atoms with E-state index in [4.69, 9.17) is 0 Å². The lowest BCUT2D eigenvalue weighted by Crippen LogP contribution is -2.36. The van der Waals surface area contributed by atoms with Gasteiger partial charge in [-0.2, -0.15) is 0 Å². The van der Waals surface area contributed by atoms with Gasteiger partial charge in [0.1, 0.15) is 0 Å². The Morgan fingerprint density at radius 2 is 1.65 bits per heavy atom. The number of amides is 3. The first-order valence-corrected chi connectivity index (χ1v) is 9.95. The number of nitrogens with zero attached hydrogens (tertiary/aromatic N) is 1. The summed E-state index contributed by atoms with van der Waals surface area (Å²) >= 11 is 1.31. The SMILES string of the molecule is CN(C(=O)c1ccc(NC(=O)Nc2ccccc2)s1)C1CCCCCC1. The molecule has 2 N–H and O–H groups in total. The molecule has 138 valence electrons. The van der Waals surface area contributed by atoms with Crippen molar-refractivity contribution in [3.8, 4) is 0 Å². The van der Waals surface area contributed by atoms with Gasteiger partial charge in [0.05, 0.1) is 9.88 Å². The molecule has 3 rings (SSSR count). The fourth-order valence-corrected chi connectivity index (χ4v) is 4.18. The minimum Gasteiger partial charge on any atom is -0.338 e. The second kappa shape index (κ2) is 8.85. The van der Waals surface area contributed by atoms with Crippen LogP contribution in [0.4, 0.5) is 15.5 Å². The Labute approximate surface area is 158 Å². The number of hydrogen-bond donors (Lipinski definition) is 2. The molecule has 1 aromatic carbocycles. The van der Waals surface area contributed by atoms with Crippen molar-refractivity contribution in [3.05, 3.63) is 47.3 Å². The van der Waals surface area contributed by atoms with Crippen LogP contribution in [0.1, 0.15) is 48.2 Å². The standard InChI is InChI=1S/C20H25N3O2S/c1-23(16-11-7-2-3-8-12-16)19(24)17-13-14-18(26-17)22-20(25)21-15-9-5-4-6-10-15/h4-6,9-10,13-14,16H,2-3,7-8,11-12H2,1H3,(H2,21,22,25).